The lowest BCUT2D eigenvalue weighted by atomic mass is 10.0. The maximum absolute atomic E-state index is 13.1. The van der Waals surface area contributed by atoms with Crippen molar-refractivity contribution in [2.45, 2.75) is 44.0 Å². The molecular formula is C25H34N6O3S. The molecule has 0 spiro atoms. The Morgan fingerprint density at radius 3 is 2.34 bits per heavy atom. The second-order valence-electron chi connectivity index (χ2n) is 9.43. The fourth-order valence-corrected chi connectivity index (χ4v) is 5.76. The molecule has 0 aliphatic carbocycles. The Morgan fingerprint density at radius 2 is 1.69 bits per heavy atom. The third kappa shape index (κ3) is 5.82. The number of para-hydroxylation sites is 2. The molecule has 1 aliphatic rings. The summed E-state index contributed by atoms with van der Waals surface area (Å²) in [4.78, 5) is 4.97. The number of ether oxygens (including phenoxy) is 1. The van der Waals surface area contributed by atoms with Crippen LogP contribution in [0.3, 0.4) is 0 Å². The van der Waals surface area contributed by atoms with Crippen molar-refractivity contribution < 1.29 is 13.2 Å². The topological polar surface area (TPSA) is 93.4 Å². The quantitative estimate of drug-likeness (QED) is 0.444. The summed E-state index contributed by atoms with van der Waals surface area (Å²) < 4.78 is 33.2. The Hall–Kier alpha value is -2.98. The summed E-state index contributed by atoms with van der Waals surface area (Å²) in [6.45, 7) is 9.54. The molecule has 2 aromatic carbocycles. The fourth-order valence-electron chi connectivity index (χ4n) is 4.55. The predicted octanol–water partition coefficient (Wildman–Crippen LogP) is 3.33. The molecule has 188 valence electrons. The van der Waals surface area contributed by atoms with E-state index in [-0.39, 0.29) is 16.8 Å². The van der Waals surface area contributed by atoms with Gasteiger partial charge in [-0.3, -0.25) is 4.90 Å². The van der Waals surface area contributed by atoms with Gasteiger partial charge >= 0.3 is 0 Å². The number of sulfone groups is 1. The standard InChI is InChI=1S/C25H34N6O3S/c1-19(2)17-23(30-15-13-29(14-16-30)22-7-5-6-8-24(22)34-4)25-26-27-28-31(25)18-35(32,33)21-11-9-20(3)10-12-21/h5-12,19,23H,13-18H2,1-4H3/t23-/m0/s1. The van der Waals surface area contributed by atoms with Crippen molar-refractivity contribution >= 4 is 15.5 Å². The molecule has 10 heteroatoms. The van der Waals surface area contributed by atoms with Crippen LogP contribution in [-0.2, 0) is 15.7 Å². The summed E-state index contributed by atoms with van der Waals surface area (Å²) in [5.41, 5.74) is 2.10. The van der Waals surface area contributed by atoms with Crippen molar-refractivity contribution in [3.63, 3.8) is 0 Å². The third-order valence-corrected chi connectivity index (χ3v) is 7.98. The average Bonchev–Trinajstić information content (AvgIpc) is 3.30. The van der Waals surface area contributed by atoms with Crippen LogP contribution in [0.5, 0.6) is 5.75 Å². The van der Waals surface area contributed by atoms with E-state index in [1.54, 1.807) is 31.4 Å². The summed E-state index contributed by atoms with van der Waals surface area (Å²) in [5, 5.41) is 12.2. The van der Waals surface area contributed by atoms with Gasteiger partial charge in [-0.2, -0.15) is 0 Å². The van der Waals surface area contributed by atoms with Gasteiger partial charge in [0.05, 0.1) is 23.7 Å². The van der Waals surface area contributed by atoms with Gasteiger partial charge in [0, 0.05) is 26.2 Å². The van der Waals surface area contributed by atoms with Gasteiger partial charge < -0.3 is 9.64 Å². The Morgan fingerprint density at radius 1 is 1.00 bits per heavy atom. The summed E-state index contributed by atoms with van der Waals surface area (Å²) in [6, 6.07) is 14.9. The van der Waals surface area contributed by atoms with Gasteiger partial charge in [-0.05, 0) is 54.0 Å². The van der Waals surface area contributed by atoms with E-state index in [1.165, 1.54) is 4.68 Å². The van der Waals surface area contributed by atoms with Gasteiger partial charge in [-0.15, -0.1) is 5.10 Å². The van der Waals surface area contributed by atoms with Gasteiger partial charge in [0.2, 0.25) is 0 Å². The second-order valence-corrected chi connectivity index (χ2v) is 11.4. The Balaban J connectivity index is 1.53. The van der Waals surface area contributed by atoms with Crippen LogP contribution in [0.1, 0.15) is 37.7 Å². The van der Waals surface area contributed by atoms with E-state index in [0.717, 1.165) is 49.6 Å². The highest BCUT2D eigenvalue weighted by Crippen LogP contribution is 2.32. The molecule has 0 N–H and O–H groups in total. The van der Waals surface area contributed by atoms with Gasteiger partial charge in [-0.25, -0.2) is 13.1 Å². The molecule has 4 rings (SSSR count). The van der Waals surface area contributed by atoms with Crippen molar-refractivity contribution in [3.8, 4) is 5.75 Å². The van der Waals surface area contributed by atoms with Crippen LogP contribution in [0.4, 0.5) is 5.69 Å². The smallest absolute Gasteiger partial charge is 0.198 e. The second kappa shape index (κ2) is 10.7. The minimum atomic E-state index is -3.59. The van der Waals surface area contributed by atoms with Crippen LogP contribution >= 0.6 is 0 Å². The summed E-state index contributed by atoms with van der Waals surface area (Å²) in [7, 11) is -1.90. The molecule has 3 aromatic rings. The molecular weight excluding hydrogens is 464 g/mol. The van der Waals surface area contributed by atoms with Crippen molar-refractivity contribution in [2.75, 3.05) is 38.2 Å². The molecule has 35 heavy (non-hydrogen) atoms. The minimum Gasteiger partial charge on any atom is -0.495 e. The average molecular weight is 499 g/mol. The number of hydrogen-bond acceptors (Lipinski definition) is 8. The lowest BCUT2D eigenvalue weighted by molar-refractivity contribution is 0.153. The van der Waals surface area contributed by atoms with Gasteiger partial charge in [0.15, 0.2) is 21.5 Å². The van der Waals surface area contributed by atoms with E-state index in [0.29, 0.717) is 11.7 Å². The van der Waals surface area contributed by atoms with Crippen LogP contribution in [-0.4, -0.2) is 66.8 Å². The number of tetrazole rings is 1. The van der Waals surface area contributed by atoms with E-state index in [9.17, 15) is 8.42 Å². The molecule has 0 bridgehead atoms. The first-order valence-electron chi connectivity index (χ1n) is 12.0. The normalized spacial score (nSPS) is 16.0. The van der Waals surface area contributed by atoms with Crippen molar-refractivity contribution in [3.05, 3.63) is 59.9 Å². The van der Waals surface area contributed by atoms with E-state index in [1.807, 2.05) is 25.1 Å². The highest BCUT2D eigenvalue weighted by molar-refractivity contribution is 7.90. The molecule has 0 saturated carbocycles. The third-order valence-electron chi connectivity index (χ3n) is 6.41. The Bertz CT molecular complexity index is 1220. The van der Waals surface area contributed by atoms with E-state index < -0.39 is 9.84 Å². The number of anilines is 1. The lowest BCUT2D eigenvalue weighted by Crippen LogP contribution is -2.48. The molecule has 9 nitrogen and oxygen atoms in total. The SMILES string of the molecule is COc1ccccc1N1CCN([C@@H](CC(C)C)c2nnnn2CS(=O)(=O)c2ccc(C)cc2)CC1. The molecule has 1 fully saturated rings. The minimum absolute atomic E-state index is 0.0713. The number of rotatable bonds is 9. The van der Waals surface area contributed by atoms with Crippen LogP contribution in [0.25, 0.3) is 0 Å². The lowest BCUT2D eigenvalue weighted by Gasteiger charge is -2.40. The van der Waals surface area contributed by atoms with Crippen LogP contribution in [0.15, 0.2) is 53.4 Å². The van der Waals surface area contributed by atoms with Crippen LogP contribution in [0.2, 0.25) is 0 Å². The van der Waals surface area contributed by atoms with Crippen molar-refractivity contribution in [2.24, 2.45) is 5.92 Å². The predicted molar refractivity (Wildman–Crippen MR) is 135 cm³/mol. The number of piperazine rings is 1. The molecule has 1 aliphatic heterocycles. The maximum Gasteiger partial charge on any atom is 0.198 e. The molecule has 1 aromatic heterocycles. The maximum atomic E-state index is 13.1. The van der Waals surface area contributed by atoms with E-state index >= 15 is 0 Å². The van der Waals surface area contributed by atoms with E-state index in [2.05, 4.69) is 45.2 Å². The molecule has 1 saturated heterocycles. The summed E-state index contributed by atoms with van der Waals surface area (Å²) in [6.07, 6.45) is 0.833. The zero-order valence-electron chi connectivity index (χ0n) is 20.8. The highest BCUT2D eigenvalue weighted by Gasteiger charge is 2.31. The fraction of sp³-hybridized carbons (Fsp3) is 0.480. The molecule has 2 heterocycles. The zero-order valence-corrected chi connectivity index (χ0v) is 21.6. The van der Waals surface area contributed by atoms with Crippen molar-refractivity contribution in [1.82, 2.24) is 25.1 Å². The molecule has 0 unspecified atom stereocenters. The number of benzene rings is 2. The van der Waals surface area contributed by atoms with Crippen molar-refractivity contribution in [1.29, 1.82) is 0 Å². The van der Waals surface area contributed by atoms with Gasteiger partial charge in [-0.1, -0.05) is 43.7 Å². The first-order valence-corrected chi connectivity index (χ1v) is 13.6. The monoisotopic (exact) mass is 498 g/mol. The van der Waals surface area contributed by atoms with Gasteiger partial charge in [0.1, 0.15) is 5.75 Å². The van der Waals surface area contributed by atoms with Crippen LogP contribution in [0, 0.1) is 12.8 Å². The molecule has 1 atom stereocenters. The van der Waals surface area contributed by atoms with Crippen LogP contribution < -0.4 is 9.64 Å². The number of aryl methyl sites for hydroxylation is 1. The Kier molecular flexibility index (Phi) is 7.71. The highest BCUT2D eigenvalue weighted by atomic mass is 32.2. The van der Waals surface area contributed by atoms with Gasteiger partial charge in [0.25, 0.3) is 0 Å². The first-order chi connectivity index (χ1) is 16.8. The number of hydrogen-bond donors (Lipinski definition) is 0. The largest absolute Gasteiger partial charge is 0.495 e. The summed E-state index contributed by atoms with van der Waals surface area (Å²) in [5.74, 6) is 1.57. The number of aromatic nitrogens is 4. The molecule has 0 radical (unpaired) electrons. The zero-order chi connectivity index (χ0) is 25.0. The number of methoxy groups -OCH3 is 1. The first kappa shape index (κ1) is 25.1. The Labute approximate surface area is 207 Å². The summed E-state index contributed by atoms with van der Waals surface area (Å²) >= 11 is 0. The van der Waals surface area contributed by atoms with E-state index in [4.69, 9.17) is 4.74 Å². The number of nitrogens with zero attached hydrogens (tertiary/aromatic N) is 6. The molecule has 0 amide bonds.